The number of nitrogens with zero attached hydrogens (tertiary/aromatic N) is 2. The van der Waals surface area contributed by atoms with E-state index in [-0.39, 0.29) is 12.9 Å². The maximum absolute atomic E-state index is 12.7. The molecule has 0 bridgehead atoms. The molecule has 2 aliphatic heterocycles. The second-order valence-corrected chi connectivity index (χ2v) is 9.04. The van der Waals surface area contributed by atoms with Gasteiger partial charge in [-0.2, -0.15) is 0 Å². The Morgan fingerprint density at radius 3 is 2.67 bits per heavy atom. The Morgan fingerprint density at radius 1 is 1.30 bits per heavy atom. The molecule has 3 aliphatic rings. The van der Waals surface area contributed by atoms with Crippen molar-refractivity contribution < 1.29 is 6.22 Å². The largest absolute Gasteiger partial charge is 0.338 e. The highest BCUT2D eigenvalue weighted by atomic mass is 16.2. The number of urea groups is 1. The van der Waals surface area contributed by atoms with Gasteiger partial charge in [0.05, 0.1) is 0 Å². The summed E-state index contributed by atoms with van der Waals surface area (Å²) in [6.45, 7) is 10.4. The van der Waals surface area contributed by atoms with Gasteiger partial charge in [-0.1, -0.05) is 30.5 Å². The van der Waals surface area contributed by atoms with Crippen molar-refractivity contribution in [3.05, 3.63) is 29.3 Å². The first-order valence-corrected chi connectivity index (χ1v) is 10.9. The summed E-state index contributed by atoms with van der Waals surface area (Å²) in [6.07, 6.45) is 7.99. The average molecular weight is 372 g/mol. The van der Waals surface area contributed by atoms with Gasteiger partial charge in [0.1, 0.15) is 0 Å². The molecule has 27 heavy (non-hydrogen) atoms. The monoisotopic (exact) mass is 371 g/mol. The zero-order chi connectivity index (χ0) is 19.0. The summed E-state index contributed by atoms with van der Waals surface area (Å²) in [6, 6.07) is 7.40. The van der Waals surface area contributed by atoms with Crippen LogP contribution >= 0.6 is 0 Å². The summed E-state index contributed by atoms with van der Waals surface area (Å²) in [5.41, 5.74) is 3.97. The molecule has 4 heteroatoms. The van der Waals surface area contributed by atoms with Crippen LogP contribution in [0.5, 0.6) is 0 Å². The van der Waals surface area contributed by atoms with Crippen LogP contribution in [-0.4, -0.2) is 43.2 Å². The summed E-state index contributed by atoms with van der Waals surface area (Å²) in [5.74, 6) is 0.893. The highest BCUT2D eigenvalue weighted by Crippen LogP contribution is 2.48. The van der Waals surface area contributed by atoms with Gasteiger partial charge in [0.15, 0.2) is 0 Å². The molecule has 0 aromatic heterocycles. The topological polar surface area (TPSA) is 35.6 Å². The normalized spacial score (nSPS) is 23.6. The molecule has 4 rings (SSSR count). The highest BCUT2D eigenvalue weighted by molar-refractivity contribution is 5.95. The Balaban J connectivity index is 0.00000225. The number of fused-ring (bicyclic) bond motifs is 2. The van der Waals surface area contributed by atoms with Crippen LogP contribution in [0.3, 0.4) is 0 Å². The van der Waals surface area contributed by atoms with Crippen LogP contribution in [0.4, 0.5) is 10.5 Å². The van der Waals surface area contributed by atoms with E-state index in [4.69, 9.17) is 0 Å². The minimum absolute atomic E-state index is 0. The first kappa shape index (κ1) is 18.8. The molecule has 1 saturated carbocycles. The molecule has 1 spiro atoms. The van der Waals surface area contributed by atoms with E-state index < -0.39 is 0 Å². The lowest BCUT2D eigenvalue weighted by Gasteiger charge is -2.43. The zero-order valence-electron chi connectivity index (χ0n) is 17.3. The number of amides is 2. The lowest BCUT2D eigenvalue weighted by molar-refractivity contribution is 0.0962. The van der Waals surface area contributed by atoms with E-state index in [1.807, 2.05) is 11.8 Å². The van der Waals surface area contributed by atoms with Gasteiger partial charge in [0, 0.05) is 31.7 Å². The molecule has 2 amide bonds. The Kier molecular flexibility index (Phi) is 5.19. The highest BCUT2D eigenvalue weighted by Gasteiger charge is 2.47. The average Bonchev–Trinajstić information content (AvgIpc) is 3.30. The van der Waals surface area contributed by atoms with E-state index in [1.165, 1.54) is 36.8 Å². The van der Waals surface area contributed by atoms with Crippen LogP contribution in [-0.2, 0) is 5.41 Å². The Bertz CT molecular complexity index is 693. The molecule has 1 saturated heterocycles. The zero-order valence-corrected chi connectivity index (χ0v) is 17.3. The van der Waals surface area contributed by atoms with Crippen molar-refractivity contribution in [2.24, 2.45) is 5.92 Å². The van der Waals surface area contributed by atoms with E-state index in [0.29, 0.717) is 12.6 Å². The summed E-state index contributed by atoms with van der Waals surface area (Å²) < 4.78 is 0. The molecule has 150 valence electrons. The number of likely N-dealkylation sites (tertiary alicyclic amines) is 1. The maximum Gasteiger partial charge on any atom is 0.321 e. The second kappa shape index (κ2) is 7.46. The van der Waals surface area contributed by atoms with Gasteiger partial charge < -0.3 is 10.2 Å². The number of anilines is 1. The predicted molar refractivity (Wildman–Crippen MR) is 114 cm³/mol. The van der Waals surface area contributed by atoms with Crippen LogP contribution in [0, 0.1) is 12.8 Å². The van der Waals surface area contributed by atoms with Gasteiger partial charge in [-0.3, -0.25) is 4.90 Å². The molecule has 1 unspecified atom stereocenters. The van der Waals surface area contributed by atoms with Crippen LogP contribution in [0.15, 0.2) is 18.2 Å². The molecule has 0 radical (unpaired) electrons. The molecular formula is C23H37N3O. The van der Waals surface area contributed by atoms with Crippen LogP contribution in [0.25, 0.3) is 0 Å². The quantitative estimate of drug-likeness (QED) is 0.836. The van der Waals surface area contributed by atoms with Crippen molar-refractivity contribution >= 4 is 11.7 Å². The maximum atomic E-state index is 12.7. The van der Waals surface area contributed by atoms with E-state index in [0.717, 1.165) is 44.1 Å². The molecule has 1 aromatic rings. The van der Waals surface area contributed by atoms with Gasteiger partial charge >= 0.3 is 6.03 Å². The number of rotatable bonds is 3. The van der Waals surface area contributed by atoms with Gasteiger partial charge in [0.25, 0.3) is 0 Å². The Labute approximate surface area is 165 Å². The van der Waals surface area contributed by atoms with Gasteiger partial charge in [0.2, 0.25) is 0 Å². The van der Waals surface area contributed by atoms with Gasteiger partial charge in [-0.05, 0) is 77.1 Å². The Morgan fingerprint density at radius 2 is 2.00 bits per heavy atom. The van der Waals surface area contributed by atoms with Crippen LogP contribution < -0.4 is 10.2 Å². The molecule has 2 heterocycles. The van der Waals surface area contributed by atoms with Crippen LogP contribution in [0.1, 0.15) is 64.9 Å². The lowest BCUT2D eigenvalue weighted by atomic mass is 9.73. The number of benzene rings is 1. The van der Waals surface area contributed by atoms with Crippen molar-refractivity contribution in [1.29, 1.82) is 0 Å². The van der Waals surface area contributed by atoms with Crippen molar-refractivity contribution in [3.63, 3.8) is 0 Å². The first-order valence-electron chi connectivity index (χ1n) is 10.9. The Hall–Kier alpha value is -1.55. The number of piperidine rings is 1. The van der Waals surface area contributed by atoms with E-state index in [9.17, 15) is 4.79 Å². The fourth-order valence-corrected chi connectivity index (χ4v) is 5.74. The molecule has 2 fully saturated rings. The van der Waals surface area contributed by atoms with Gasteiger partial charge in [-0.15, -0.1) is 0 Å². The molecule has 1 aromatic carbocycles. The summed E-state index contributed by atoms with van der Waals surface area (Å²) in [7, 11) is 0. The summed E-state index contributed by atoms with van der Waals surface area (Å²) >= 11 is 0. The van der Waals surface area contributed by atoms with E-state index in [1.54, 1.807) is 0 Å². The summed E-state index contributed by atoms with van der Waals surface area (Å²) in [5, 5.41) is 3.01. The standard InChI is InChI=1S/C23H35N3O.H2/c1-4-24-22(27)26-16-23(20-15-17(2)9-10-21(20)26)11-13-25(14-12-23)18(3)19-7-5-6-8-19;/h9-10,15,18-19H,4-8,11-14,16H2,1-3H3,(H,24,27);1H. The number of hydrogen-bond donors (Lipinski definition) is 1. The number of aryl methyl sites for hydroxylation is 1. The SMILES string of the molecule is CCNC(=O)N1CC2(CCN(C(C)C3CCCC3)CC2)c2cc(C)ccc21.[HH]. The lowest BCUT2D eigenvalue weighted by Crippen LogP contribution is -2.50. The van der Waals surface area contributed by atoms with Crippen molar-refractivity contribution in [2.45, 2.75) is 70.8 Å². The number of hydrogen-bond acceptors (Lipinski definition) is 2. The third-order valence-electron chi connectivity index (χ3n) is 7.46. The predicted octanol–water partition coefficient (Wildman–Crippen LogP) is 4.70. The molecule has 4 nitrogen and oxygen atoms in total. The number of nitrogens with one attached hydrogen (secondary N) is 1. The van der Waals surface area contributed by atoms with Crippen molar-refractivity contribution in [3.8, 4) is 0 Å². The third kappa shape index (κ3) is 3.37. The van der Waals surface area contributed by atoms with Gasteiger partial charge in [-0.25, -0.2) is 4.79 Å². The molecular weight excluding hydrogens is 334 g/mol. The molecule has 1 aliphatic carbocycles. The minimum Gasteiger partial charge on any atom is -0.338 e. The van der Waals surface area contributed by atoms with Crippen molar-refractivity contribution in [2.75, 3.05) is 31.1 Å². The molecule has 1 atom stereocenters. The number of carbonyl (C=O) groups excluding carboxylic acids is 1. The second-order valence-electron chi connectivity index (χ2n) is 9.04. The molecule has 1 N–H and O–H groups in total. The smallest absolute Gasteiger partial charge is 0.321 e. The van der Waals surface area contributed by atoms with Crippen molar-refractivity contribution in [1.82, 2.24) is 10.2 Å². The van der Waals surface area contributed by atoms with E-state index >= 15 is 0 Å². The van der Waals surface area contributed by atoms with Crippen LogP contribution in [0.2, 0.25) is 0 Å². The third-order valence-corrected chi connectivity index (χ3v) is 7.46. The number of carbonyl (C=O) groups is 1. The summed E-state index contributed by atoms with van der Waals surface area (Å²) in [4.78, 5) is 17.4. The fourth-order valence-electron chi connectivity index (χ4n) is 5.74. The van der Waals surface area contributed by atoms with E-state index in [2.05, 4.69) is 42.3 Å². The fraction of sp³-hybridized carbons (Fsp3) is 0.696. The first-order chi connectivity index (χ1) is 13.0. The minimum atomic E-state index is 0.